The largest absolute Gasteiger partial charge is 0.481 e. The maximum Gasteiger partial charge on any atom is 0.306 e. The number of aryl methyl sites for hydroxylation is 1. The summed E-state index contributed by atoms with van der Waals surface area (Å²) in [5.41, 5.74) is 2.62. The summed E-state index contributed by atoms with van der Waals surface area (Å²) >= 11 is 0. The van der Waals surface area contributed by atoms with Crippen LogP contribution < -0.4 is 0 Å². The van der Waals surface area contributed by atoms with Gasteiger partial charge in [0.15, 0.2) is 0 Å². The first kappa shape index (κ1) is 15.1. The summed E-state index contributed by atoms with van der Waals surface area (Å²) in [6.45, 7) is 0. The third-order valence-corrected chi connectivity index (χ3v) is 5.34. The van der Waals surface area contributed by atoms with Crippen LogP contribution in [0.1, 0.15) is 49.3 Å². The number of hydrogen-bond donors (Lipinski definition) is 1. The molecule has 1 aromatic carbocycles. The first-order chi connectivity index (χ1) is 10.6. The molecule has 2 aliphatic rings. The molecule has 118 valence electrons. The van der Waals surface area contributed by atoms with Crippen LogP contribution in [0, 0.1) is 11.8 Å². The van der Waals surface area contributed by atoms with E-state index >= 15 is 0 Å². The van der Waals surface area contributed by atoms with E-state index in [1.165, 1.54) is 11.1 Å². The predicted octanol–water partition coefficient (Wildman–Crippen LogP) is 3.02. The van der Waals surface area contributed by atoms with Gasteiger partial charge in [-0.2, -0.15) is 0 Å². The Kier molecular flexibility index (Phi) is 4.19. The SMILES string of the molecule is CN(C(=O)C1CCC(C(=O)O)CC1)C1CCc2ccccc21. The molecule has 2 aliphatic carbocycles. The summed E-state index contributed by atoms with van der Waals surface area (Å²) in [7, 11) is 1.90. The number of aliphatic carboxylic acids is 1. The van der Waals surface area contributed by atoms with Crippen LogP contribution in [0.4, 0.5) is 0 Å². The lowest BCUT2D eigenvalue weighted by Gasteiger charge is -2.32. The van der Waals surface area contributed by atoms with Crippen molar-refractivity contribution in [2.75, 3.05) is 7.05 Å². The highest BCUT2D eigenvalue weighted by molar-refractivity contribution is 5.80. The van der Waals surface area contributed by atoms with E-state index in [9.17, 15) is 9.59 Å². The minimum atomic E-state index is -0.719. The molecule has 1 unspecified atom stereocenters. The smallest absolute Gasteiger partial charge is 0.306 e. The molecule has 0 bridgehead atoms. The predicted molar refractivity (Wildman–Crippen MR) is 83.4 cm³/mol. The van der Waals surface area contributed by atoms with E-state index < -0.39 is 5.97 Å². The second-order valence-corrected chi connectivity index (χ2v) is 6.59. The Bertz CT molecular complexity index is 575. The number of fused-ring (bicyclic) bond motifs is 1. The number of nitrogens with zero attached hydrogens (tertiary/aromatic N) is 1. The summed E-state index contributed by atoms with van der Waals surface area (Å²) in [4.78, 5) is 25.7. The lowest BCUT2D eigenvalue weighted by atomic mass is 9.81. The summed E-state index contributed by atoms with van der Waals surface area (Å²) in [5.74, 6) is -0.801. The van der Waals surface area contributed by atoms with Gasteiger partial charge >= 0.3 is 5.97 Å². The number of rotatable bonds is 3. The van der Waals surface area contributed by atoms with Crippen LogP contribution in [0.3, 0.4) is 0 Å². The van der Waals surface area contributed by atoms with Crippen LogP contribution in [0.5, 0.6) is 0 Å². The second-order valence-electron chi connectivity index (χ2n) is 6.59. The van der Waals surface area contributed by atoms with Gasteiger partial charge in [-0.15, -0.1) is 0 Å². The van der Waals surface area contributed by atoms with E-state index in [-0.39, 0.29) is 23.8 Å². The van der Waals surface area contributed by atoms with Crippen LogP contribution in [0.2, 0.25) is 0 Å². The highest BCUT2D eigenvalue weighted by atomic mass is 16.4. The van der Waals surface area contributed by atoms with Crippen LogP contribution in [-0.2, 0) is 16.0 Å². The number of benzene rings is 1. The average molecular weight is 301 g/mol. The molecule has 1 atom stereocenters. The number of carbonyl (C=O) groups is 2. The van der Waals surface area contributed by atoms with Crippen molar-refractivity contribution in [1.82, 2.24) is 4.90 Å². The van der Waals surface area contributed by atoms with Crippen molar-refractivity contribution >= 4 is 11.9 Å². The first-order valence-corrected chi connectivity index (χ1v) is 8.15. The standard InChI is InChI=1S/C18H23NO3/c1-19(16-11-10-12-4-2-3-5-15(12)16)17(20)13-6-8-14(9-7-13)18(21)22/h2-5,13-14,16H,6-11H2,1H3,(H,21,22). The van der Waals surface area contributed by atoms with Gasteiger partial charge in [0.1, 0.15) is 0 Å². The Balaban J connectivity index is 1.65. The van der Waals surface area contributed by atoms with Gasteiger partial charge in [0.05, 0.1) is 12.0 Å². The molecular weight excluding hydrogens is 278 g/mol. The fraction of sp³-hybridized carbons (Fsp3) is 0.556. The van der Waals surface area contributed by atoms with Crippen molar-refractivity contribution < 1.29 is 14.7 Å². The van der Waals surface area contributed by atoms with Gasteiger partial charge < -0.3 is 10.0 Å². The topological polar surface area (TPSA) is 57.6 Å². The number of carboxylic acids is 1. The molecule has 0 aliphatic heterocycles. The third-order valence-electron chi connectivity index (χ3n) is 5.34. The van der Waals surface area contributed by atoms with Gasteiger partial charge in [-0.05, 0) is 49.7 Å². The van der Waals surface area contributed by atoms with Crippen LogP contribution in [0.15, 0.2) is 24.3 Å². The maximum atomic E-state index is 12.7. The Hall–Kier alpha value is -1.84. The molecule has 0 saturated heterocycles. The van der Waals surface area contributed by atoms with Crippen molar-refractivity contribution in [3.8, 4) is 0 Å². The molecule has 22 heavy (non-hydrogen) atoms. The lowest BCUT2D eigenvalue weighted by Crippen LogP contribution is -2.37. The van der Waals surface area contributed by atoms with E-state index in [1.54, 1.807) is 0 Å². The normalized spacial score (nSPS) is 27.2. The summed E-state index contributed by atoms with van der Waals surface area (Å²) < 4.78 is 0. The molecular formula is C18H23NO3. The molecule has 1 N–H and O–H groups in total. The molecule has 1 fully saturated rings. The Morgan fingerprint density at radius 1 is 1.05 bits per heavy atom. The molecule has 4 heteroatoms. The Morgan fingerprint density at radius 3 is 2.36 bits per heavy atom. The van der Waals surface area contributed by atoms with Crippen molar-refractivity contribution in [3.63, 3.8) is 0 Å². The van der Waals surface area contributed by atoms with Gasteiger partial charge in [-0.25, -0.2) is 0 Å². The number of carbonyl (C=O) groups excluding carboxylic acids is 1. The van der Waals surface area contributed by atoms with Crippen LogP contribution >= 0.6 is 0 Å². The molecule has 1 aromatic rings. The van der Waals surface area contributed by atoms with E-state index in [1.807, 2.05) is 18.0 Å². The molecule has 0 heterocycles. The fourth-order valence-corrected chi connectivity index (χ4v) is 3.97. The molecule has 4 nitrogen and oxygen atoms in total. The summed E-state index contributed by atoms with van der Waals surface area (Å²) in [6, 6.07) is 8.54. The zero-order chi connectivity index (χ0) is 15.7. The van der Waals surface area contributed by atoms with Crippen molar-refractivity contribution in [2.45, 2.75) is 44.6 Å². The van der Waals surface area contributed by atoms with Crippen LogP contribution in [-0.4, -0.2) is 28.9 Å². The first-order valence-electron chi connectivity index (χ1n) is 8.15. The number of hydrogen-bond acceptors (Lipinski definition) is 2. The van der Waals surface area contributed by atoms with E-state index in [2.05, 4.69) is 18.2 Å². The van der Waals surface area contributed by atoms with Gasteiger partial charge in [0.25, 0.3) is 0 Å². The molecule has 0 aromatic heterocycles. The highest BCUT2D eigenvalue weighted by Gasteiger charge is 2.35. The summed E-state index contributed by atoms with van der Waals surface area (Å²) in [6.07, 6.45) is 4.68. The van der Waals surface area contributed by atoms with Crippen molar-refractivity contribution in [2.24, 2.45) is 11.8 Å². The monoisotopic (exact) mass is 301 g/mol. The van der Waals surface area contributed by atoms with Gasteiger partial charge in [-0.3, -0.25) is 9.59 Å². The highest BCUT2D eigenvalue weighted by Crippen LogP contribution is 2.37. The van der Waals surface area contributed by atoms with Crippen molar-refractivity contribution in [1.29, 1.82) is 0 Å². The molecule has 3 rings (SSSR count). The lowest BCUT2D eigenvalue weighted by molar-refractivity contribution is -0.146. The summed E-state index contributed by atoms with van der Waals surface area (Å²) in [5, 5.41) is 9.06. The molecule has 0 spiro atoms. The Labute approximate surface area is 131 Å². The fourth-order valence-electron chi connectivity index (χ4n) is 3.97. The second kappa shape index (κ2) is 6.11. The quantitative estimate of drug-likeness (QED) is 0.933. The van der Waals surface area contributed by atoms with Gasteiger partial charge in [-0.1, -0.05) is 24.3 Å². The Morgan fingerprint density at radius 2 is 1.68 bits per heavy atom. The third kappa shape index (κ3) is 2.74. The van der Waals surface area contributed by atoms with Gasteiger partial charge in [0, 0.05) is 13.0 Å². The number of carboxylic acid groups (broad SMARTS) is 1. The van der Waals surface area contributed by atoms with E-state index in [0.29, 0.717) is 25.7 Å². The zero-order valence-corrected chi connectivity index (χ0v) is 13.0. The number of amides is 1. The minimum absolute atomic E-state index is 0.00615. The maximum absolute atomic E-state index is 12.7. The van der Waals surface area contributed by atoms with Crippen molar-refractivity contribution in [3.05, 3.63) is 35.4 Å². The van der Waals surface area contributed by atoms with E-state index in [0.717, 1.165) is 12.8 Å². The van der Waals surface area contributed by atoms with Gasteiger partial charge in [0.2, 0.25) is 5.91 Å². The zero-order valence-electron chi connectivity index (χ0n) is 13.0. The molecule has 1 amide bonds. The molecule has 0 radical (unpaired) electrons. The van der Waals surface area contributed by atoms with Crippen LogP contribution in [0.25, 0.3) is 0 Å². The van der Waals surface area contributed by atoms with E-state index in [4.69, 9.17) is 5.11 Å². The average Bonchev–Trinajstić information content (AvgIpc) is 2.97. The minimum Gasteiger partial charge on any atom is -0.481 e. The molecule has 1 saturated carbocycles.